The zero-order valence-corrected chi connectivity index (χ0v) is 17.8. The van der Waals surface area contributed by atoms with Crippen LogP contribution < -0.4 is 15.8 Å². The fourth-order valence-electron chi connectivity index (χ4n) is 2.89. The van der Waals surface area contributed by atoms with E-state index in [0.717, 1.165) is 17.5 Å². The Kier molecular flexibility index (Phi) is 7.08. The minimum Gasteiger partial charge on any atom is -0.491 e. The number of carbonyl (C=O) groups is 2. The molecule has 0 saturated carbocycles. The van der Waals surface area contributed by atoms with Crippen LogP contribution in [0.3, 0.4) is 0 Å². The average Bonchev–Trinajstić information content (AvgIpc) is 3.17. The first kappa shape index (κ1) is 21.4. The van der Waals surface area contributed by atoms with E-state index in [4.69, 9.17) is 15.2 Å². The molecule has 3 rings (SSSR count). The summed E-state index contributed by atoms with van der Waals surface area (Å²) < 4.78 is 10.8. The van der Waals surface area contributed by atoms with Crippen molar-refractivity contribution in [1.82, 2.24) is 0 Å². The van der Waals surface area contributed by atoms with Crippen molar-refractivity contribution in [3.8, 4) is 16.9 Å². The van der Waals surface area contributed by atoms with Gasteiger partial charge in [-0.1, -0.05) is 37.3 Å². The Morgan fingerprint density at radius 1 is 1.10 bits per heavy atom. The number of benzene rings is 2. The molecule has 30 heavy (non-hydrogen) atoms. The van der Waals surface area contributed by atoms with Gasteiger partial charge in [-0.2, -0.15) is 0 Å². The van der Waals surface area contributed by atoms with Gasteiger partial charge in [-0.3, -0.25) is 4.79 Å². The standard InChI is InChI=1S/C23H24N2O4S/c1-3-12-29-19-11-10-16(13-18(19)24)21(26)25-22-20(23(27)28-4-2)17(14-30-22)15-8-6-5-7-9-15/h5-11,13-14H,3-4,12,24H2,1-2H3,(H,25,26). The van der Waals surface area contributed by atoms with Crippen molar-refractivity contribution in [1.29, 1.82) is 0 Å². The van der Waals surface area contributed by atoms with Gasteiger partial charge in [0.25, 0.3) is 5.91 Å². The molecule has 1 aromatic heterocycles. The molecule has 0 saturated heterocycles. The van der Waals surface area contributed by atoms with Crippen molar-refractivity contribution >= 4 is 33.9 Å². The Hall–Kier alpha value is -3.32. The maximum atomic E-state index is 12.8. The van der Waals surface area contributed by atoms with Crippen LogP contribution in [0.2, 0.25) is 0 Å². The van der Waals surface area contributed by atoms with Gasteiger partial charge in [0.2, 0.25) is 0 Å². The highest BCUT2D eigenvalue weighted by atomic mass is 32.1. The normalized spacial score (nSPS) is 10.5. The summed E-state index contributed by atoms with van der Waals surface area (Å²) in [6.45, 7) is 4.54. The second-order valence-electron chi connectivity index (χ2n) is 6.50. The number of rotatable bonds is 8. The van der Waals surface area contributed by atoms with Gasteiger partial charge in [-0.05, 0) is 37.1 Å². The molecule has 0 unspecified atom stereocenters. The smallest absolute Gasteiger partial charge is 0.341 e. The molecule has 0 spiro atoms. The van der Waals surface area contributed by atoms with Crippen LogP contribution in [0, 0.1) is 0 Å². The Morgan fingerprint density at radius 3 is 2.53 bits per heavy atom. The van der Waals surface area contributed by atoms with E-state index >= 15 is 0 Å². The molecule has 0 atom stereocenters. The number of carbonyl (C=O) groups excluding carboxylic acids is 2. The van der Waals surface area contributed by atoms with E-state index in [1.54, 1.807) is 25.1 Å². The zero-order chi connectivity index (χ0) is 21.5. The van der Waals surface area contributed by atoms with Gasteiger partial charge in [0.05, 0.1) is 18.9 Å². The molecule has 6 nitrogen and oxygen atoms in total. The zero-order valence-electron chi connectivity index (χ0n) is 16.9. The van der Waals surface area contributed by atoms with E-state index < -0.39 is 5.97 Å². The lowest BCUT2D eigenvalue weighted by Gasteiger charge is -2.11. The van der Waals surface area contributed by atoms with E-state index in [1.165, 1.54) is 11.3 Å². The van der Waals surface area contributed by atoms with E-state index in [9.17, 15) is 9.59 Å². The number of amides is 1. The minimum atomic E-state index is -0.476. The first-order valence-corrected chi connectivity index (χ1v) is 10.6. The SMILES string of the molecule is CCCOc1ccc(C(=O)Nc2scc(-c3ccccc3)c2C(=O)OCC)cc1N. The number of nitrogens with one attached hydrogen (secondary N) is 1. The molecule has 0 aliphatic heterocycles. The molecule has 1 amide bonds. The monoisotopic (exact) mass is 424 g/mol. The number of thiophene rings is 1. The summed E-state index contributed by atoms with van der Waals surface area (Å²) in [4.78, 5) is 25.5. The first-order valence-electron chi connectivity index (χ1n) is 9.72. The van der Waals surface area contributed by atoms with Crippen molar-refractivity contribution < 1.29 is 19.1 Å². The van der Waals surface area contributed by atoms with Crippen molar-refractivity contribution in [2.24, 2.45) is 0 Å². The Balaban J connectivity index is 1.89. The summed E-state index contributed by atoms with van der Waals surface area (Å²) >= 11 is 1.28. The lowest BCUT2D eigenvalue weighted by atomic mass is 10.0. The molecule has 3 aromatic rings. The Morgan fingerprint density at radius 2 is 1.87 bits per heavy atom. The summed E-state index contributed by atoms with van der Waals surface area (Å²) in [6, 6.07) is 14.4. The van der Waals surface area contributed by atoms with Crippen molar-refractivity contribution in [2.45, 2.75) is 20.3 Å². The lowest BCUT2D eigenvalue weighted by molar-refractivity contribution is 0.0529. The topological polar surface area (TPSA) is 90.6 Å². The highest BCUT2D eigenvalue weighted by molar-refractivity contribution is 7.15. The molecule has 7 heteroatoms. The van der Waals surface area contributed by atoms with Crippen LogP contribution in [-0.2, 0) is 4.74 Å². The number of hydrogen-bond donors (Lipinski definition) is 2. The third kappa shape index (κ3) is 4.80. The number of anilines is 2. The van der Waals surface area contributed by atoms with Crippen LogP contribution >= 0.6 is 11.3 Å². The maximum absolute atomic E-state index is 12.8. The quantitative estimate of drug-likeness (QED) is 0.382. The van der Waals surface area contributed by atoms with Crippen molar-refractivity contribution in [3.63, 3.8) is 0 Å². The molecular formula is C23H24N2O4S. The van der Waals surface area contributed by atoms with Gasteiger partial charge in [0.1, 0.15) is 16.3 Å². The lowest BCUT2D eigenvalue weighted by Crippen LogP contribution is -2.15. The predicted molar refractivity (Wildman–Crippen MR) is 120 cm³/mol. The Labute approximate surface area is 179 Å². The maximum Gasteiger partial charge on any atom is 0.341 e. The molecule has 0 radical (unpaired) electrons. The average molecular weight is 425 g/mol. The van der Waals surface area contributed by atoms with Crippen LogP contribution in [0.1, 0.15) is 41.0 Å². The minimum absolute atomic E-state index is 0.242. The van der Waals surface area contributed by atoms with Crippen LogP contribution in [0.15, 0.2) is 53.9 Å². The van der Waals surface area contributed by atoms with Crippen LogP contribution in [0.4, 0.5) is 10.7 Å². The number of hydrogen-bond acceptors (Lipinski definition) is 6. The fourth-order valence-corrected chi connectivity index (χ4v) is 3.85. The summed E-state index contributed by atoms with van der Waals surface area (Å²) in [6.07, 6.45) is 0.862. The molecule has 1 heterocycles. The van der Waals surface area contributed by atoms with Gasteiger partial charge < -0.3 is 20.5 Å². The van der Waals surface area contributed by atoms with Crippen LogP contribution in [-0.4, -0.2) is 25.1 Å². The van der Waals surface area contributed by atoms with Crippen LogP contribution in [0.5, 0.6) is 5.75 Å². The number of esters is 1. The molecule has 3 N–H and O–H groups in total. The summed E-state index contributed by atoms with van der Waals surface area (Å²) in [5.41, 5.74) is 8.72. The molecule has 0 aliphatic carbocycles. The molecule has 0 bridgehead atoms. The predicted octanol–water partition coefficient (Wildman–Crippen LogP) is 5.22. The van der Waals surface area contributed by atoms with E-state index in [1.807, 2.05) is 42.6 Å². The Bertz CT molecular complexity index is 1030. The molecule has 0 aliphatic rings. The van der Waals surface area contributed by atoms with E-state index in [2.05, 4.69) is 5.32 Å². The molecular weight excluding hydrogens is 400 g/mol. The van der Waals surface area contributed by atoms with Crippen molar-refractivity contribution in [2.75, 3.05) is 24.3 Å². The van der Waals surface area contributed by atoms with Gasteiger partial charge in [0.15, 0.2) is 0 Å². The third-order valence-corrected chi connectivity index (χ3v) is 5.21. The highest BCUT2D eigenvalue weighted by Gasteiger charge is 2.23. The van der Waals surface area contributed by atoms with Gasteiger partial charge in [-0.15, -0.1) is 11.3 Å². The largest absolute Gasteiger partial charge is 0.491 e. The van der Waals surface area contributed by atoms with Gasteiger partial charge in [0, 0.05) is 16.5 Å². The molecule has 0 fully saturated rings. The van der Waals surface area contributed by atoms with Crippen molar-refractivity contribution in [3.05, 3.63) is 65.0 Å². The highest BCUT2D eigenvalue weighted by Crippen LogP contribution is 2.36. The fraction of sp³-hybridized carbons (Fsp3) is 0.217. The van der Waals surface area contributed by atoms with Gasteiger partial charge >= 0.3 is 5.97 Å². The van der Waals surface area contributed by atoms with E-state index in [-0.39, 0.29) is 12.5 Å². The third-order valence-electron chi connectivity index (χ3n) is 4.32. The number of nitrogens with two attached hydrogens (primary N) is 1. The van der Waals surface area contributed by atoms with Crippen LogP contribution in [0.25, 0.3) is 11.1 Å². The van der Waals surface area contributed by atoms with Gasteiger partial charge in [-0.25, -0.2) is 4.79 Å². The number of nitrogen functional groups attached to an aromatic ring is 1. The number of ether oxygens (including phenoxy) is 2. The summed E-state index contributed by atoms with van der Waals surface area (Å²) in [5.74, 6) is -0.297. The summed E-state index contributed by atoms with van der Waals surface area (Å²) in [5, 5.41) is 5.10. The molecule has 2 aromatic carbocycles. The second kappa shape index (κ2) is 9.93. The molecule has 156 valence electrons. The van der Waals surface area contributed by atoms with E-state index in [0.29, 0.717) is 34.2 Å². The second-order valence-corrected chi connectivity index (χ2v) is 7.37. The first-order chi connectivity index (χ1) is 14.5. The summed E-state index contributed by atoms with van der Waals surface area (Å²) in [7, 11) is 0.